The smallest absolute Gasteiger partial charge is 0.259 e. The fourth-order valence-corrected chi connectivity index (χ4v) is 2.61. The highest BCUT2D eigenvalue weighted by Gasteiger charge is 2.35. The van der Waals surface area contributed by atoms with Gasteiger partial charge in [0.1, 0.15) is 0 Å². The zero-order valence-electron chi connectivity index (χ0n) is 11.3. The van der Waals surface area contributed by atoms with E-state index in [0.29, 0.717) is 18.5 Å². The van der Waals surface area contributed by atoms with Gasteiger partial charge in [0, 0.05) is 24.5 Å². The third-order valence-electron chi connectivity index (χ3n) is 3.75. The predicted octanol–water partition coefficient (Wildman–Crippen LogP) is 2.34. The average molecular weight is 268 g/mol. The molecule has 1 N–H and O–H groups in total. The van der Waals surface area contributed by atoms with Crippen LogP contribution in [0, 0.1) is 0 Å². The Bertz CT molecular complexity index is 638. The molecular weight excluding hydrogens is 252 g/mol. The second-order valence-electron chi connectivity index (χ2n) is 5.24. The molecule has 0 radical (unpaired) electrons. The first-order chi connectivity index (χ1) is 9.59. The van der Waals surface area contributed by atoms with Gasteiger partial charge in [-0.3, -0.25) is 9.78 Å². The summed E-state index contributed by atoms with van der Waals surface area (Å²) in [5, 5.41) is 10.4. The highest BCUT2D eigenvalue weighted by Crippen LogP contribution is 2.38. The maximum absolute atomic E-state index is 12.6. The number of aromatic nitrogens is 1. The lowest BCUT2D eigenvalue weighted by Crippen LogP contribution is -2.42. The van der Waals surface area contributed by atoms with E-state index in [0.717, 1.165) is 11.3 Å². The van der Waals surface area contributed by atoms with Crippen molar-refractivity contribution in [3.8, 4) is 0 Å². The van der Waals surface area contributed by atoms with Gasteiger partial charge in [0.05, 0.1) is 16.9 Å². The standard InChI is InChI=1S/C16H16N2O2/c1-16(20)8-10-18(14-7-3-2-6-13(14)16)15(19)12-5-4-9-17-11-12/h2-7,9,11,20H,8,10H2,1H3. The van der Waals surface area contributed by atoms with E-state index in [4.69, 9.17) is 0 Å². The van der Waals surface area contributed by atoms with Gasteiger partial charge in [0.25, 0.3) is 5.91 Å². The number of carbonyl (C=O) groups is 1. The first-order valence-electron chi connectivity index (χ1n) is 6.63. The maximum atomic E-state index is 12.6. The van der Waals surface area contributed by atoms with Crippen molar-refractivity contribution in [3.05, 3.63) is 59.9 Å². The molecule has 1 aliphatic rings. The largest absolute Gasteiger partial charge is 0.385 e. The van der Waals surface area contributed by atoms with Crippen LogP contribution >= 0.6 is 0 Å². The Morgan fingerprint density at radius 1 is 1.30 bits per heavy atom. The first kappa shape index (κ1) is 12.8. The van der Waals surface area contributed by atoms with Crippen molar-refractivity contribution >= 4 is 11.6 Å². The lowest BCUT2D eigenvalue weighted by Gasteiger charge is -2.37. The van der Waals surface area contributed by atoms with Crippen molar-refractivity contribution in [2.75, 3.05) is 11.4 Å². The minimum atomic E-state index is -0.887. The fraction of sp³-hybridized carbons (Fsp3) is 0.250. The summed E-state index contributed by atoms with van der Waals surface area (Å²) >= 11 is 0. The molecule has 1 aliphatic heterocycles. The van der Waals surface area contributed by atoms with Crippen LogP contribution in [-0.2, 0) is 5.60 Å². The van der Waals surface area contributed by atoms with Crippen LogP contribution in [0.2, 0.25) is 0 Å². The Kier molecular flexibility index (Phi) is 3.03. The summed E-state index contributed by atoms with van der Waals surface area (Å²) in [4.78, 5) is 18.3. The number of hydrogen-bond acceptors (Lipinski definition) is 3. The Labute approximate surface area is 117 Å². The first-order valence-corrected chi connectivity index (χ1v) is 6.63. The van der Waals surface area contributed by atoms with Gasteiger partial charge in [0.2, 0.25) is 0 Å². The van der Waals surface area contributed by atoms with E-state index in [9.17, 15) is 9.90 Å². The quantitative estimate of drug-likeness (QED) is 0.863. The number of hydrogen-bond donors (Lipinski definition) is 1. The molecular formula is C16H16N2O2. The van der Waals surface area contributed by atoms with Crippen LogP contribution in [-0.4, -0.2) is 22.5 Å². The fourth-order valence-electron chi connectivity index (χ4n) is 2.61. The van der Waals surface area contributed by atoms with Gasteiger partial charge in [0.15, 0.2) is 0 Å². The van der Waals surface area contributed by atoms with E-state index >= 15 is 0 Å². The summed E-state index contributed by atoms with van der Waals surface area (Å²) in [6, 6.07) is 11.0. The van der Waals surface area contributed by atoms with Crippen molar-refractivity contribution in [1.29, 1.82) is 0 Å². The van der Waals surface area contributed by atoms with E-state index in [2.05, 4.69) is 4.98 Å². The van der Waals surface area contributed by atoms with Crippen molar-refractivity contribution in [1.82, 2.24) is 4.98 Å². The normalized spacial score (nSPS) is 21.4. The van der Waals surface area contributed by atoms with Crippen molar-refractivity contribution in [2.45, 2.75) is 18.9 Å². The van der Waals surface area contributed by atoms with Gasteiger partial charge in [-0.1, -0.05) is 18.2 Å². The molecule has 1 unspecified atom stereocenters. The van der Waals surface area contributed by atoms with Crippen LogP contribution in [0.1, 0.15) is 29.3 Å². The Balaban J connectivity index is 2.03. The molecule has 102 valence electrons. The summed E-state index contributed by atoms with van der Waals surface area (Å²) in [5.74, 6) is -0.0824. The number of benzene rings is 1. The molecule has 4 nitrogen and oxygen atoms in total. The summed E-state index contributed by atoms with van der Waals surface area (Å²) in [5.41, 5.74) is 1.24. The average Bonchev–Trinajstić information content (AvgIpc) is 2.48. The third-order valence-corrected chi connectivity index (χ3v) is 3.75. The molecule has 0 saturated heterocycles. The monoisotopic (exact) mass is 268 g/mol. The number of rotatable bonds is 1. The van der Waals surface area contributed by atoms with E-state index < -0.39 is 5.60 Å². The van der Waals surface area contributed by atoms with E-state index in [1.807, 2.05) is 24.3 Å². The van der Waals surface area contributed by atoms with Gasteiger partial charge in [-0.25, -0.2) is 0 Å². The predicted molar refractivity (Wildman–Crippen MR) is 76.5 cm³/mol. The van der Waals surface area contributed by atoms with Gasteiger partial charge in [-0.15, -0.1) is 0 Å². The van der Waals surface area contributed by atoms with Crippen LogP contribution in [0.5, 0.6) is 0 Å². The minimum absolute atomic E-state index is 0.0824. The van der Waals surface area contributed by atoms with Gasteiger partial charge in [-0.2, -0.15) is 0 Å². The lowest BCUT2D eigenvalue weighted by atomic mass is 9.87. The Hall–Kier alpha value is -2.20. The second-order valence-corrected chi connectivity index (χ2v) is 5.24. The lowest BCUT2D eigenvalue weighted by molar-refractivity contribution is 0.0450. The van der Waals surface area contributed by atoms with Gasteiger partial charge >= 0.3 is 0 Å². The van der Waals surface area contributed by atoms with E-state index in [1.54, 1.807) is 36.4 Å². The van der Waals surface area contributed by atoms with Crippen LogP contribution in [0.4, 0.5) is 5.69 Å². The number of carbonyl (C=O) groups excluding carboxylic acids is 1. The molecule has 0 fully saturated rings. The van der Waals surface area contributed by atoms with Crippen LogP contribution in [0.25, 0.3) is 0 Å². The molecule has 2 aromatic rings. The maximum Gasteiger partial charge on any atom is 0.259 e. The summed E-state index contributed by atoms with van der Waals surface area (Å²) in [6.45, 7) is 2.29. The molecule has 0 spiro atoms. The zero-order valence-corrected chi connectivity index (χ0v) is 11.3. The molecule has 4 heteroatoms. The topological polar surface area (TPSA) is 53.4 Å². The van der Waals surface area contributed by atoms with Crippen LogP contribution in [0.15, 0.2) is 48.8 Å². The van der Waals surface area contributed by atoms with E-state index in [1.165, 1.54) is 0 Å². The molecule has 20 heavy (non-hydrogen) atoms. The number of aliphatic hydroxyl groups is 1. The number of nitrogens with zero attached hydrogens (tertiary/aromatic N) is 2. The number of pyridine rings is 1. The molecule has 1 aromatic heterocycles. The van der Waals surface area contributed by atoms with E-state index in [-0.39, 0.29) is 5.91 Å². The van der Waals surface area contributed by atoms with Crippen LogP contribution in [0.3, 0.4) is 0 Å². The number of amides is 1. The molecule has 0 aliphatic carbocycles. The molecule has 0 bridgehead atoms. The summed E-state index contributed by atoms with van der Waals surface area (Å²) in [6.07, 6.45) is 3.74. The Morgan fingerprint density at radius 3 is 2.85 bits per heavy atom. The number of anilines is 1. The highest BCUT2D eigenvalue weighted by molar-refractivity contribution is 6.06. The van der Waals surface area contributed by atoms with Gasteiger partial charge < -0.3 is 10.0 Å². The van der Waals surface area contributed by atoms with Crippen molar-refractivity contribution in [3.63, 3.8) is 0 Å². The molecule has 1 atom stereocenters. The van der Waals surface area contributed by atoms with Crippen molar-refractivity contribution < 1.29 is 9.90 Å². The molecule has 3 rings (SSSR count). The van der Waals surface area contributed by atoms with Crippen LogP contribution < -0.4 is 4.90 Å². The second kappa shape index (κ2) is 4.72. The SMILES string of the molecule is CC1(O)CCN(C(=O)c2cccnc2)c2ccccc21. The highest BCUT2D eigenvalue weighted by atomic mass is 16.3. The summed E-state index contributed by atoms with van der Waals surface area (Å²) < 4.78 is 0. The zero-order chi connectivity index (χ0) is 14.2. The molecule has 1 amide bonds. The van der Waals surface area contributed by atoms with Gasteiger partial charge in [-0.05, 0) is 31.5 Å². The molecule has 2 heterocycles. The number of para-hydroxylation sites is 1. The minimum Gasteiger partial charge on any atom is -0.385 e. The Morgan fingerprint density at radius 2 is 2.10 bits per heavy atom. The van der Waals surface area contributed by atoms with Crippen molar-refractivity contribution in [2.24, 2.45) is 0 Å². The molecule has 1 aromatic carbocycles. The third kappa shape index (κ3) is 2.08. The molecule has 0 saturated carbocycles. The number of fused-ring (bicyclic) bond motifs is 1. The summed E-state index contributed by atoms with van der Waals surface area (Å²) in [7, 11) is 0.